The first-order valence-electron chi connectivity index (χ1n) is 6.34. The average molecular weight is 234 g/mol. The lowest BCUT2D eigenvalue weighted by molar-refractivity contribution is -0.143. The molecule has 92 valence electrons. The third-order valence-electron chi connectivity index (χ3n) is 4.07. The minimum absolute atomic E-state index is 0.0357. The molecule has 1 aliphatic carbocycles. The number of hydrogen-bond acceptors (Lipinski definition) is 3. The van der Waals surface area contributed by atoms with Crippen LogP contribution in [0.1, 0.15) is 39.5 Å². The maximum atomic E-state index is 12.2. The molecule has 0 bridgehead atoms. The monoisotopic (exact) mass is 234 g/mol. The fourth-order valence-electron chi connectivity index (χ4n) is 3.19. The smallest absolute Gasteiger partial charge is 0.233 e. The molecule has 2 amide bonds. The molecule has 2 fully saturated rings. The Morgan fingerprint density at radius 2 is 1.88 bits per heavy atom. The second kappa shape index (κ2) is 4.48. The van der Waals surface area contributed by atoms with Gasteiger partial charge >= 0.3 is 0 Å². The van der Waals surface area contributed by atoms with E-state index in [4.69, 9.17) is 5.26 Å². The van der Waals surface area contributed by atoms with Crippen molar-refractivity contribution in [1.82, 2.24) is 4.90 Å². The molecule has 4 heteroatoms. The Hall–Kier alpha value is -1.37. The molecule has 1 heterocycles. The largest absolute Gasteiger partial charge is 0.278 e. The lowest BCUT2D eigenvalue weighted by Crippen LogP contribution is -2.40. The Labute approximate surface area is 102 Å². The zero-order chi connectivity index (χ0) is 12.6. The summed E-state index contributed by atoms with van der Waals surface area (Å²) in [5.74, 6) is 0.185. The fourth-order valence-corrected chi connectivity index (χ4v) is 3.19. The Morgan fingerprint density at radius 1 is 1.35 bits per heavy atom. The molecule has 3 atom stereocenters. The highest BCUT2D eigenvalue weighted by molar-refractivity contribution is 6.05. The van der Waals surface area contributed by atoms with Crippen molar-refractivity contribution in [3.63, 3.8) is 0 Å². The van der Waals surface area contributed by atoms with Crippen LogP contribution in [-0.2, 0) is 9.59 Å². The Bertz CT molecular complexity index is 361. The van der Waals surface area contributed by atoms with Crippen molar-refractivity contribution < 1.29 is 9.59 Å². The van der Waals surface area contributed by atoms with Gasteiger partial charge in [0.2, 0.25) is 11.8 Å². The fraction of sp³-hybridized carbons (Fsp3) is 0.769. The molecule has 1 saturated heterocycles. The summed E-state index contributed by atoms with van der Waals surface area (Å²) in [4.78, 5) is 25.8. The molecular formula is C13H18N2O2. The first kappa shape index (κ1) is 12.1. The molecule has 0 spiro atoms. The Morgan fingerprint density at radius 3 is 2.29 bits per heavy atom. The number of likely N-dealkylation sites (tertiary alicyclic amines) is 1. The second-order valence-corrected chi connectivity index (χ2v) is 5.26. The van der Waals surface area contributed by atoms with E-state index in [-0.39, 0.29) is 36.1 Å². The number of rotatable bonds is 3. The number of hydrogen-bond donors (Lipinski definition) is 0. The zero-order valence-corrected chi connectivity index (χ0v) is 10.3. The van der Waals surface area contributed by atoms with Gasteiger partial charge in [-0.2, -0.15) is 5.26 Å². The number of nitrogens with zero attached hydrogens (tertiary/aromatic N) is 2. The van der Waals surface area contributed by atoms with E-state index in [0.29, 0.717) is 12.3 Å². The molecule has 0 aromatic heterocycles. The molecule has 0 radical (unpaired) electrons. The van der Waals surface area contributed by atoms with Crippen molar-refractivity contribution in [2.45, 2.75) is 45.6 Å². The number of amides is 2. The second-order valence-electron chi connectivity index (χ2n) is 5.26. The van der Waals surface area contributed by atoms with E-state index in [0.717, 1.165) is 12.8 Å². The van der Waals surface area contributed by atoms with Gasteiger partial charge in [-0.1, -0.05) is 13.8 Å². The highest BCUT2D eigenvalue weighted by Crippen LogP contribution is 2.43. The molecule has 1 aliphatic heterocycles. The number of carbonyl (C=O) groups is 2. The molecule has 3 unspecified atom stereocenters. The molecule has 0 aromatic rings. The minimum Gasteiger partial charge on any atom is -0.278 e. The normalized spacial score (nSPS) is 33.7. The van der Waals surface area contributed by atoms with Crippen LogP contribution in [0.25, 0.3) is 0 Å². The van der Waals surface area contributed by atoms with E-state index in [2.05, 4.69) is 13.0 Å². The highest BCUT2D eigenvalue weighted by Gasteiger charge is 2.53. The van der Waals surface area contributed by atoms with Crippen molar-refractivity contribution in [2.75, 3.05) is 0 Å². The van der Waals surface area contributed by atoms with Crippen molar-refractivity contribution in [1.29, 1.82) is 5.26 Å². The summed E-state index contributed by atoms with van der Waals surface area (Å²) in [5, 5.41) is 8.75. The summed E-state index contributed by atoms with van der Waals surface area (Å²) in [6.07, 6.45) is 2.58. The zero-order valence-electron chi connectivity index (χ0n) is 10.3. The van der Waals surface area contributed by atoms with Crippen LogP contribution in [0.5, 0.6) is 0 Å². The van der Waals surface area contributed by atoms with Gasteiger partial charge in [-0.3, -0.25) is 14.5 Å². The van der Waals surface area contributed by atoms with Crippen LogP contribution in [0.2, 0.25) is 0 Å². The van der Waals surface area contributed by atoms with Crippen molar-refractivity contribution in [3.05, 3.63) is 0 Å². The van der Waals surface area contributed by atoms with Crippen LogP contribution in [0.3, 0.4) is 0 Å². The predicted octanol–water partition coefficient (Wildman–Crippen LogP) is 1.71. The molecule has 0 aromatic carbocycles. The maximum absolute atomic E-state index is 12.2. The highest BCUT2D eigenvalue weighted by atomic mass is 16.2. The SMILES string of the molecule is CCC(CC#N)N1C(=O)C2CC(C)CC2C1=O. The number of fused-ring (bicyclic) bond motifs is 1. The number of imide groups is 1. The molecule has 2 aliphatic rings. The van der Waals surface area contributed by atoms with E-state index in [1.54, 1.807) is 0 Å². The summed E-state index contributed by atoms with van der Waals surface area (Å²) in [7, 11) is 0. The summed E-state index contributed by atoms with van der Waals surface area (Å²) in [6, 6.07) is 1.84. The van der Waals surface area contributed by atoms with Gasteiger partial charge < -0.3 is 0 Å². The topological polar surface area (TPSA) is 61.2 Å². The van der Waals surface area contributed by atoms with E-state index < -0.39 is 0 Å². The van der Waals surface area contributed by atoms with Gasteiger partial charge in [0.1, 0.15) is 0 Å². The lowest BCUT2D eigenvalue weighted by Gasteiger charge is -2.24. The van der Waals surface area contributed by atoms with Crippen molar-refractivity contribution >= 4 is 11.8 Å². The van der Waals surface area contributed by atoms with Crippen LogP contribution in [0.4, 0.5) is 0 Å². The van der Waals surface area contributed by atoms with Gasteiger partial charge in [0.25, 0.3) is 0 Å². The molecule has 2 rings (SSSR count). The van der Waals surface area contributed by atoms with E-state index >= 15 is 0 Å². The van der Waals surface area contributed by atoms with Gasteiger partial charge in [-0.05, 0) is 25.2 Å². The summed E-state index contributed by atoms with van der Waals surface area (Å²) in [5.41, 5.74) is 0. The lowest BCUT2D eigenvalue weighted by atomic mass is 10.00. The minimum atomic E-state index is -0.221. The Balaban J connectivity index is 2.19. The molecular weight excluding hydrogens is 216 g/mol. The molecule has 17 heavy (non-hydrogen) atoms. The quantitative estimate of drug-likeness (QED) is 0.698. The van der Waals surface area contributed by atoms with Crippen LogP contribution < -0.4 is 0 Å². The first-order chi connectivity index (χ1) is 8.10. The van der Waals surface area contributed by atoms with Crippen LogP contribution in [-0.4, -0.2) is 22.8 Å². The van der Waals surface area contributed by atoms with E-state index in [9.17, 15) is 9.59 Å². The number of carbonyl (C=O) groups excluding carboxylic acids is 2. The number of nitriles is 1. The maximum Gasteiger partial charge on any atom is 0.233 e. The summed E-state index contributed by atoms with van der Waals surface area (Å²) < 4.78 is 0. The standard InChI is InChI=1S/C13H18N2O2/c1-3-9(4-5-14)15-12(16)10-6-8(2)7-11(10)13(15)17/h8-11H,3-4,6-7H2,1-2H3. The van der Waals surface area contributed by atoms with E-state index in [1.165, 1.54) is 4.90 Å². The Kier molecular flexibility index (Phi) is 3.19. The third-order valence-corrected chi connectivity index (χ3v) is 4.07. The van der Waals surface area contributed by atoms with Crippen LogP contribution in [0.15, 0.2) is 0 Å². The first-order valence-corrected chi connectivity index (χ1v) is 6.34. The van der Waals surface area contributed by atoms with Gasteiger partial charge in [0, 0.05) is 0 Å². The van der Waals surface area contributed by atoms with E-state index in [1.807, 2.05) is 6.92 Å². The van der Waals surface area contributed by atoms with Crippen molar-refractivity contribution in [3.8, 4) is 6.07 Å². The van der Waals surface area contributed by atoms with Gasteiger partial charge in [-0.15, -0.1) is 0 Å². The van der Waals surface area contributed by atoms with Gasteiger partial charge in [0.15, 0.2) is 0 Å². The molecule has 4 nitrogen and oxygen atoms in total. The van der Waals surface area contributed by atoms with Crippen LogP contribution >= 0.6 is 0 Å². The molecule has 1 saturated carbocycles. The average Bonchev–Trinajstić information content (AvgIpc) is 2.78. The predicted molar refractivity (Wildman–Crippen MR) is 61.5 cm³/mol. The van der Waals surface area contributed by atoms with Crippen molar-refractivity contribution in [2.24, 2.45) is 17.8 Å². The molecule has 0 N–H and O–H groups in total. The summed E-state index contributed by atoms with van der Waals surface area (Å²) in [6.45, 7) is 4.01. The van der Waals surface area contributed by atoms with Gasteiger partial charge in [-0.25, -0.2) is 0 Å². The third kappa shape index (κ3) is 1.84. The van der Waals surface area contributed by atoms with Crippen LogP contribution in [0, 0.1) is 29.1 Å². The summed E-state index contributed by atoms with van der Waals surface area (Å²) >= 11 is 0. The van der Waals surface area contributed by atoms with Gasteiger partial charge in [0.05, 0.1) is 30.4 Å².